The minimum atomic E-state index is -0.748. The topological polar surface area (TPSA) is 38.3 Å². The third-order valence-corrected chi connectivity index (χ3v) is 3.41. The van der Waals surface area contributed by atoms with Crippen molar-refractivity contribution in [3.63, 3.8) is 0 Å². The second-order valence-corrected chi connectivity index (χ2v) is 5.04. The Balaban J connectivity index is 1.61. The number of ether oxygens (including phenoxy) is 1. The summed E-state index contributed by atoms with van der Waals surface area (Å²) < 4.78 is 44.8. The molecule has 1 atom stereocenters. The second-order valence-electron chi connectivity index (χ2n) is 5.04. The molecular formula is C16H12F3NO2. The minimum absolute atomic E-state index is 0.0300. The number of rotatable bonds is 3. The van der Waals surface area contributed by atoms with E-state index in [0.29, 0.717) is 17.5 Å². The van der Waals surface area contributed by atoms with Crippen LogP contribution in [-0.2, 0) is 6.42 Å². The standard InChI is InChI=1S/C16H12F3NO2/c17-11-3-1-9(2-4-11)16(21)20-8-13-6-10-5-12(18)7-14(19)15(10)22-13/h1-5,7,13H,6,8H2,(H,20,21)/t13-/m0/s1. The van der Waals surface area contributed by atoms with Crippen LogP contribution in [0.1, 0.15) is 15.9 Å². The number of amides is 1. The lowest BCUT2D eigenvalue weighted by molar-refractivity contribution is 0.0933. The lowest BCUT2D eigenvalue weighted by atomic mass is 10.1. The number of benzene rings is 2. The molecule has 0 aromatic heterocycles. The van der Waals surface area contributed by atoms with Gasteiger partial charge in [-0.05, 0) is 30.3 Å². The summed E-state index contributed by atoms with van der Waals surface area (Å²) in [4.78, 5) is 11.9. The van der Waals surface area contributed by atoms with Crippen molar-refractivity contribution in [2.75, 3.05) is 6.54 Å². The van der Waals surface area contributed by atoms with Crippen molar-refractivity contribution in [3.8, 4) is 5.75 Å². The molecule has 114 valence electrons. The van der Waals surface area contributed by atoms with Crippen LogP contribution < -0.4 is 10.1 Å². The Morgan fingerprint density at radius 2 is 1.86 bits per heavy atom. The highest BCUT2D eigenvalue weighted by molar-refractivity contribution is 5.94. The molecule has 0 radical (unpaired) electrons. The van der Waals surface area contributed by atoms with E-state index >= 15 is 0 Å². The summed E-state index contributed by atoms with van der Waals surface area (Å²) in [6.45, 7) is 0.145. The van der Waals surface area contributed by atoms with Gasteiger partial charge in [-0.2, -0.15) is 0 Å². The molecule has 2 aromatic rings. The zero-order chi connectivity index (χ0) is 15.7. The number of hydrogen-bond acceptors (Lipinski definition) is 2. The van der Waals surface area contributed by atoms with Crippen LogP contribution in [0.4, 0.5) is 13.2 Å². The highest BCUT2D eigenvalue weighted by Gasteiger charge is 2.27. The van der Waals surface area contributed by atoms with E-state index in [1.807, 2.05) is 0 Å². The molecule has 0 bridgehead atoms. The van der Waals surface area contributed by atoms with Crippen molar-refractivity contribution in [1.29, 1.82) is 0 Å². The van der Waals surface area contributed by atoms with Crippen LogP contribution in [-0.4, -0.2) is 18.6 Å². The van der Waals surface area contributed by atoms with Crippen LogP contribution in [0.2, 0.25) is 0 Å². The molecule has 22 heavy (non-hydrogen) atoms. The molecule has 3 rings (SSSR count). The maximum Gasteiger partial charge on any atom is 0.251 e. The normalized spacial score (nSPS) is 16.0. The maximum atomic E-state index is 13.5. The van der Waals surface area contributed by atoms with E-state index < -0.39 is 23.6 Å². The molecular weight excluding hydrogens is 295 g/mol. The fraction of sp³-hybridized carbons (Fsp3) is 0.188. The second kappa shape index (κ2) is 5.71. The fourth-order valence-corrected chi connectivity index (χ4v) is 2.37. The Kier molecular flexibility index (Phi) is 3.75. The van der Waals surface area contributed by atoms with Gasteiger partial charge < -0.3 is 10.1 Å². The smallest absolute Gasteiger partial charge is 0.251 e. The van der Waals surface area contributed by atoms with Gasteiger partial charge in [-0.1, -0.05) is 0 Å². The molecule has 1 aliphatic rings. The number of hydrogen-bond donors (Lipinski definition) is 1. The first-order valence-electron chi connectivity index (χ1n) is 6.71. The first kappa shape index (κ1) is 14.4. The Hall–Kier alpha value is -2.50. The van der Waals surface area contributed by atoms with Crippen LogP contribution in [0.3, 0.4) is 0 Å². The van der Waals surface area contributed by atoms with Gasteiger partial charge in [-0.15, -0.1) is 0 Å². The van der Waals surface area contributed by atoms with Crippen LogP contribution in [0.5, 0.6) is 5.75 Å². The molecule has 1 amide bonds. The summed E-state index contributed by atoms with van der Waals surface area (Å²) in [6.07, 6.45) is -0.149. The Morgan fingerprint density at radius 1 is 1.14 bits per heavy atom. The summed E-state index contributed by atoms with van der Waals surface area (Å²) in [7, 11) is 0. The van der Waals surface area contributed by atoms with Gasteiger partial charge in [-0.25, -0.2) is 13.2 Å². The third kappa shape index (κ3) is 2.90. The van der Waals surface area contributed by atoms with Crippen LogP contribution in [0.15, 0.2) is 36.4 Å². The largest absolute Gasteiger partial charge is 0.485 e. The van der Waals surface area contributed by atoms with Crippen LogP contribution >= 0.6 is 0 Å². The Bertz CT molecular complexity index is 716. The summed E-state index contributed by atoms with van der Waals surface area (Å²) in [5.74, 6) is -2.18. The van der Waals surface area contributed by atoms with Gasteiger partial charge in [0.15, 0.2) is 11.6 Å². The molecule has 1 N–H and O–H groups in total. The van der Waals surface area contributed by atoms with E-state index in [1.54, 1.807) is 0 Å². The molecule has 0 saturated heterocycles. The predicted molar refractivity (Wildman–Crippen MR) is 73.2 cm³/mol. The van der Waals surface area contributed by atoms with Gasteiger partial charge in [0.1, 0.15) is 17.7 Å². The van der Waals surface area contributed by atoms with E-state index in [9.17, 15) is 18.0 Å². The summed E-state index contributed by atoms with van der Waals surface area (Å²) in [6, 6.07) is 7.09. The van der Waals surface area contributed by atoms with Gasteiger partial charge in [0.2, 0.25) is 0 Å². The molecule has 2 aromatic carbocycles. The monoisotopic (exact) mass is 307 g/mol. The minimum Gasteiger partial charge on any atom is -0.485 e. The van der Waals surface area contributed by atoms with Gasteiger partial charge in [-0.3, -0.25) is 4.79 Å². The number of halogens is 3. The van der Waals surface area contributed by atoms with Crippen molar-refractivity contribution in [3.05, 3.63) is 65.0 Å². The van der Waals surface area contributed by atoms with Crippen molar-refractivity contribution >= 4 is 5.91 Å². The van der Waals surface area contributed by atoms with Crippen molar-refractivity contribution < 1.29 is 22.7 Å². The quantitative estimate of drug-likeness (QED) is 0.947. The molecule has 0 unspecified atom stereocenters. The Labute approximate surface area is 124 Å². The lowest BCUT2D eigenvalue weighted by Gasteiger charge is -2.12. The summed E-state index contributed by atoms with van der Waals surface area (Å²) in [5.41, 5.74) is 0.757. The van der Waals surface area contributed by atoms with Crippen LogP contribution in [0, 0.1) is 17.5 Å². The molecule has 0 saturated carbocycles. The molecule has 1 heterocycles. The molecule has 3 nitrogen and oxygen atoms in total. The molecule has 0 spiro atoms. The lowest BCUT2D eigenvalue weighted by Crippen LogP contribution is -2.34. The van der Waals surface area contributed by atoms with Gasteiger partial charge in [0, 0.05) is 23.6 Å². The molecule has 1 aliphatic heterocycles. The van der Waals surface area contributed by atoms with Gasteiger partial charge in [0.25, 0.3) is 5.91 Å². The highest BCUT2D eigenvalue weighted by atomic mass is 19.1. The number of nitrogens with one attached hydrogen (secondary N) is 1. The van der Waals surface area contributed by atoms with E-state index in [4.69, 9.17) is 4.74 Å². The number of carbonyl (C=O) groups excluding carboxylic acids is 1. The third-order valence-electron chi connectivity index (χ3n) is 3.41. The average molecular weight is 307 g/mol. The number of fused-ring (bicyclic) bond motifs is 1. The van der Waals surface area contributed by atoms with Gasteiger partial charge in [0.05, 0.1) is 6.54 Å². The van der Waals surface area contributed by atoms with Crippen molar-refractivity contribution in [2.24, 2.45) is 0 Å². The fourth-order valence-electron chi connectivity index (χ4n) is 2.37. The van der Waals surface area contributed by atoms with E-state index in [-0.39, 0.29) is 18.2 Å². The highest BCUT2D eigenvalue weighted by Crippen LogP contribution is 2.32. The molecule has 6 heteroatoms. The van der Waals surface area contributed by atoms with E-state index in [2.05, 4.69) is 5.32 Å². The van der Waals surface area contributed by atoms with Gasteiger partial charge >= 0.3 is 0 Å². The SMILES string of the molecule is O=C(NC[C@@H]1Cc2cc(F)cc(F)c2O1)c1ccc(F)cc1. The zero-order valence-corrected chi connectivity index (χ0v) is 11.4. The van der Waals surface area contributed by atoms with E-state index in [1.165, 1.54) is 30.3 Å². The predicted octanol–water partition coefficient (Wildman–Crippen LogP) is 2.84. The average Bonchev–Trinajstić information content (AvgIpc) is 2.89. The van der Waals surface area contributed by atoms with Crippen LogP contribution in [0.25, 0.3) is 0 Å². The first-order chi connectivity index (χ1) is 10.5. The summed E-state index contributed by atoms with van der Waals surface area (Å²) in [5, 5.41) is 2.63. The van der Waals surface area contributed by atoms with E-state index in [0.717, 1.165) is 6.07 Å². The maximum absolute atomic E-state index is 13.5. The Morgan fingerprint density at radius 3 is 2.59 bits per heavy atom. The zero-order valence-electron chi connectivity index (χ0n) is 11.4. The summed E-state index contributed by atoms with van der Waals surface area (Å²) >= 11 is 0. The van der Waals surface area contributed by atoms with Crippen molar-refractivity contribution in [1.82, 2.24) is 5.32 Å². The molecule has 0 fully saturated rings. The molecule has 0 aliphatic carbocycles. The van der Waals surface area contributed by atoms with Crippen molar-refractivity contribution in [2.45, 2.75) is 12.5 Å². The number of carbonyl (C=O) groups is 1. The first-order valence-corrected chi connectivity index (χ1v) is 6.71.